The fourth-order valence-corrected chi connectivity index (χ4v) is 2.72. The molecule has 2 amide bonds. The first-order valence-corrected chi connectivity index (χ1v) is 8.69. The van der Waals surface area contributed by atoms with Crippen molar-refractivity contribution >= 4 is 11.8 Å². The van der Waals surface area contributed by atoms with E-state index in [-0.39, 0.29) is 18.4 Å². The van der Waals surface area contributed by atoms with Gasteiger partial charge in [-0.3, -0.25) is 9.59 Å². The molecule has 1 saturated heterocycles. The van der Waals surface area contributed by atoms with Gasteiger partial charge < -0.3 is 19.9 Å². The smallest absolute Gasteiger partial charge is 0.251 e. The van der Waals surface area contributed by atoms with Crippen LogP contribution in [0.1, 0.15) is 10.4 Å². The largest absolute Gasteiger partial charge is 0.457 e. The number of benzene rings is 2. The summed E-state index contributed by atoms with van der Waals surface area (Å²) < 4.78 is 5.70. The maximum absolute atomic E-state index is 12.2. The van der Waals surface area contributed by atoms with Gasteiger partial charge in [0.1, 0.15) is 11.5 Å². The van der Waals surface area contributed by atoms with E-state index in [0.29, 0.717) is 24.4 Å². The molecule has 0 radical (unpaired) electrons. The minimum atomic E-state index is -0.265. The quantitative estimate of drug-likeness (QED) is 0.893. The Morgan fingerprint density at radius 2 is 1.54 bits per heavy atom. The normalized spacial score (nSPS) is 14.7. The molecule has 6 nitrogen and oxygen atoms in total. The molecule has 1 fully saturated rings. The van der Waals surface area contributed by atoms with Crippen molar-refractivity contribution in [2.45, 2.75) is 0 Å². The van der Waals surface area contributed by atoms with Gasteiger partial charge in [-0.05, 0) is 43.4 Å². The van der Waals surface area contributed by atoms with Crippen LogP contribution in [0.25, 0.3) is 0 Å². The zero-order valence-corrected chi connectivity index (χ0v) is 14.9. The first-order chi connectivity index (χ1) is 12.6. The topological polar surface area (TPSA) is 61.9 Å². The summed E-state index contributed by atoms with van der Waals surface area (Å²) >= 11 is 0. The third kappa shape index (κ3) is 4.83. The van der Waals surface area contributed by atoms with Crippen LogP contribution in [0.5, 0.6) is 11.5 Å². The van der Waals surface area contributed by atoms with Gasteiger partial charge in [-0.1, -0.05) is 18.2 Å². The average molecular weight is 353 g/mol. The second-order valence-corrected chi connectivity index (χ2v) is 6.31. The van der Waals surface area contributed by atoms with Crippen LogP contribution in [0.15, 0.2) is 54.6 Å². The van der Waals surface area contributed by atoms with E-state index in [1.165, 1.54) is 0 Å². The van der Waals surface area contributed by atoms with Crippen molar-refractivity contribution in [3.63, 3.8) is 0 Å². The molecule has 0 bridgehead atoms. The Labute approximate surface area is 153 Å². The average Bonchev–Trinajstić information content (AvgIpc) is 2.68. The summed E-state index contributed by atoms with van der Waals surface area (Å²) in [6, 6.07) is 16.3. The van der Waals surface area contributed by atoms with Crippen molar-refractivity contribution in [2.75, 3.05) is 39.8 Å². The predicted molar refractivity (Wildman–Crippen MR) is 99.4 cm³/mol. The molecule has 0 atom stereocenters. The van der Waals surface area contributed by atoms with Crippen LogP contribution in [0.3, 0.4) is 0 Å². The van der Waals surface area contributed by atoms with E-state index in [0.717, 1.165) is 18.8 Å². The first kappa shape index (κ1) is 17.9. The minimum Gasteiger partial charge on any atom is -0.457 e. The van der Waals surface area contributed by atoms with Gasteiger partial charge in [-0.15, -0.1) is 0 Å². The summed E-state index contributed by atoms with van der Waals surface area (Å²) in [5, 5.41) is 2.69. The first-order valence-electron chi connectivity index (χ1n) is 8.69. The van der Waals surface area contributed by atoms with Gasteiger partial charge in [-0.25, -0.2) is 0 Å². The van der Waals surface area contributed by atoms with Gasteiger partial charge in [0.15, 0.2) is 0 Å². The summed E-state index contributed by atoms with van der Waals surface area (Å²) in [6.07, 6.45) is 0. The molecular weight excluding hydrogens is 330 g/mol. The number of para-hydroxylation sites is 1. The third-order valence-corrected chi connectivity index (χ3v) is 4.35. The van der Waals surface area contributed by atoms with E-state index in [4.69, 9.17) is 4.74 Å². The highest BCUT2D eigenvalue weighted by atomic mass is 16.5. The SMILES string of the molecule is CN1CCN(C(=O)CNC(=O)c2ccc(Oc3ccccc3)cc2)CC1. The predicted octanol–water partition coefficient (Wildman–Crippen LogP) is 1.98. The van der Waals surface area contributed by atoms with E-state index < -0.39 is 0 Å². The van der Waals surface area contributed by atoms with E-state index in [1.54, 1.807) is 29.2 Å². The second kappa shape index (κ2) is 8.49. The highest BCUT2D eigenvalue weighted by molar-refractivity contribution is 5.96. The number of carbonyl (C=O) groups excluding carboxylic acids is 2. The molecule has 1 N–H and O–H groups in total. The zero-order chi connectivity index (χ0) is 18.4. The highest BCUT2D eigenvalue weighted by Gasteiger charge is 2.19. The van der Waals surface area contributed by atoms with Crippen LogP contribution < -0.4 is 10.1 Å². The van der Waals surface area contributed by atoms with Gasteiger partial charge in [0.05, 0.1) is 6.54 Å². The molecule has 0 aliphatic carbocycles. The Morgan fingerprint density at radius 3 is 2.19 bits per heavy atom. The van der Waals surface area contributed by atoms with E-state index in [2.05, 4.69) is 10.2 Å². The van der Waals surface area contributed by atoms with Crippen molar-refractivity contribution in [1.82, 2.24) is 15.1 Å². The van der Waals surface area contributed by atoms with Gasteiger partial charge in [-0.2, -0.15) is 0 Å². The zero-order valence-electron chi connectivity index (χ0n) is 14.9. The van der Waals surface area contributed by atoms with Gasteiger partial charge in [0, 0.05) is 31.7 Å². The summed E-state index contributed by atoms with van der Waals surface area (Å²) in [5.74, 6) is 1.08. The molecule has 0 unspecified atom stereocenters. The van der Waals surface area contributed by atoms with Crippen LogP contribution in [0.2, 0.25) is 0 Å². The third-order valence-electron chi connectivity index (χ3n) is 4.35. The Balaban J connectivity index is 1.49. The summed E-state index contributed by atoms with van der Waals surface area (Å²) in [4.78, 5) is 28.4. The fraction of sp³-hybridized carbons (Fsp3) is 0.300. The van der Waals surface area contributed by atoms with Gasteiger partial charge >= 0.3 is 0 Å². The highest BCUT2D eigenvalue weighted by Crippen LogP contribution is 2.21. The molecule has 0 spiro atoms. The van der Waals surface area contributed by atoms with E-state index >= 15 is 0 Å². The number of nitrogens with one attached hydrogen (secondary N) is 1. The number of hydrogen-bond donors (Lipinski definition) is 1. The molecule has 0 aromatic heterocycles. The number of likely N-dealkylation sites (N-methyl/N-ethyl adjacent to an activating group) is 1. The summed E-state index contributed by atoms with van der Waals surface area (Å²) in [5.41, 5.74) is 0.497. The van der Waals surface area contributed by atoms with Crippen molar-refractivity contribution in [1.29, 1.82) is 0 Å². The van der Waals surface area contributed by atoms with Crippen molar-refractivity contribution in [2.24, 2.45) is 0 Å². The van der Waals surface area contributed by atoms with Crippen molar-refractivity contribution in [3.8, 4) is 11.5 Å². The van der Waals surface area contributed by atoms with Crippen LogP contribution in [-0.2, 0) is 4.79 Å². The van der Waals surface area contributed by atoms with Crippen LogP contribution >= 0.6 is 0 Å². The Bertz CT molecular complexity index is 739. The Hall–Kier alpha value is -2.86. The molecular formula is C20H23N3O3. The molecule has 26 heavy (non-hydrogen) atoms. The molecule has 136 valence electrons. The Kier molecular flexibility index (Phi) is 5.86. The van der Waals surface area contributed by atoms with Gasteiger partial charge in [0.2, 0.25) is 5.91 Å². The minimum absolute atomic E-state index is 0.0187. The van der Waals surface area contributed by atoms with Gasteiger partial charge in [0.25, 0.3) is 5.91 Å². The van der Waals surface area contributed by atoms with E-state index in [1.807, 2.05) is 37.4 Å². The number of nitrogens with zero attached hydrogens (tertiary/aromatic N) is 2. The number of ether oxygens (including phenoxy) is 1. The van der Waals surface area contributed by atoms with Crippen LogP contribution in [-0.4, -0.2) is 61.4 Å². The van der Waals surface area contributed by atoms with Crippen molar-refractivity contribution in [3.05, 3.63) is 60.2 Å². The lowest BCUT2D eigenvalue weighted by atomic mass is 10.2. The maximum atomic E-state index is 12.2. The number of piperazine rings is 1. The van der Waals surface area contributed by atoms with Crippen molar-refractivity contribution < 1.29 is 14.3 Å². The monoisotopic (exact) mass is 353 g/mol. The number of rotatable bonds is 5. The molecule has 0 saturated carbocycles. The fourth-order valence-electron chi connectivity index (χ4n) is 2.72. The van der Waals surface area contributed by atoms with E-state index in [9.17, 15) is 9.59 Å². The molecule has 1 aliphatic rings. The lowest BCUT2D eigenvalue weighted by molar-refractivity contribution is -0.131. The Morgan fingerprint density at radius 1 is 0.923 bits per heavy atom. The number of hydrogen-bond acceptors (Lipinski definition) is 4. The summed E-state index contributed by atoms with van der Waals surface area (Å²) in [6.45, 7) is 3.16. The molecule has 6 heteroatoms. The van der Waals surface area contributed by atoms with Crippen LogP contribution in [0.4, 0.5) is 0 Å². The summed E-state index contributed by atoms with van der Waals surface area (Å²) in [7, 11) is 2.04. The standard InChI is InChI=1S/C20H23N3O3/c1-22-11-13-23(14-12-22)19(24)15-21-20(25)16-7-9-18(10-8-16)26-17-5-3-2-4-6-17/h2-10H,11-15H2,1H3,(H,21,25). The lowest BCUT2D eigenvalue weighted by Gasteiger charge is -2.32. The lowest BCUT2D eigenvalue weighted by Crippen LogP contribution is -2.50. The number of amides is 2. The molecule has 1 aliphatic heterocycles. The second-order valence-electron chi connectivity index (χ2n) is 6.31. The molecule has 1 heterocycles. The van der Waals surface area contributed by atoms with Crippen LogP contribution in [0, 0.1) is 0 Å². The molecule has 3 rings (SSSR count). The molecule has 2 aromatic carbocycles. The molecule has 2 aromatic rings. The maximum Gasteiger partial charge on any atom is 0.251 e. The number of carbonyl (C=O) groups is 2.